The Morgan fingerprint density at radius 3 is 2.11 bits per heavy atom. The number of hydrogen-bond donors (Lipinski definition) is 1. The summed E-state index contributed by atoms with van der Waals surface area (Å²) >= 11 is 0. The van der Waals surface area contributed by atoms with Gasteiger partial charge in [-0.1, -0.05) is 24.3 Å². The van der Waals surface area contributed by atoms with Crippen LogP contribution in [0.3, 0.4) is 0 Å². The highest BCUT2D eigenvalue weighted by atomic mass is 19.4. The van der Waals surface area contributed by atoms with Crippen molar-refractivity contribution < 1.29 is 27.4 Å². The van der Waals surface area contributed by atoms with Gasteiger partial charge < -0.3 is 19.7 Å². The van der Waals surface area contributed by atoms with Crippen molar-refractivity contribution in [1.29, 1.82) is 0 Å². The van der Waals surface area contributed by atoms with E-state index in [1.807, 2.05) is 24.3 Å². The van der Waals surface area contributed by atoms with E-state index in [1.165, 1.54) is 17.0 Å². The van der Waals surface area contributed by atoms with E-state index in [0.717, 1.165) is 16.9 Å². The lowest BCUT2D eigenvalue weighted by Crippen LogP contribution is -2.36. The van der Waals surface area contributed by atoms with Gasteiger partial charge in [-0.3, -0.25) is 0 Å². The molecule has 2 rings (SSSR count). The lowest BCUT2D eigenvalue weighted by atomic mass is 10.2. The monoisotopic (exact) mass is 382 g/mol. The molecule has 0 aliphatic rings. The number of nitrogens with one attached hydrogen (secondary N) is 1. The number of carbonyl (C=O) groups excluding carboxylic acids is 1. The first-order valence-corrected chi connectivity index (χ1v) is 8.17. The van der Waals surface area contributed by atoms with Gasteiger partial charge in [-0.05, 0) is 35.4 Å². The van der Waals surface area contributed by atoms with Gasteiger partial charge in [0.1, 0.15) is 11.5 Å². The van der Waals surface area contributed by atoms with Crippen LogP contribution in [0.15, 0.2) is 48.5 Å². The summed E-state index contributed by atoms with van der Waals surface area (Å²) in [5.41, 5.74) is 1.71. The van der Waals surface area contributed by atoms with Crippen molar-refractivity contribution >= 4 is 6.03 Å². The maximum atomic E-state index is 12.2. The van der Waals surface area contributed by atoms with Crippen molar-refractivity contribution in [2.24, 2.45) is 0 Å². The molecule has 0 saturated heterocycles. The van der Waals surface area contributed by atoms with E-state index < -0.39 is 12.8 Å². The number of urea groups is 1. The Morgan fingerprint density at radius 1 is 1.00 bits per heavy atom. The highest BCUT2D eigenvalue weighted by molar-refractivity contribution is 5.73. The fourth-order valence-electron chi connectivity index (χ4n) is 2.26. The Kier molecular flexibility index (Phi) is 6.92. The fraction of sp³-hybridized carbons (Fsp3) is 0.316. The van der Waals surface area contributed by atoms with Crippen LogP contribution in [0.25, 0.3) is 0 Å². The highest BCUT2D eigenvalue weighted by Gasteiger charge is 2.28. The Morgan fingerprint density at radius 2 is 1.56 bits per heavy atom. The van der Waals surface area contributed by atoms with Gasteiger partial charge in [-0.2, -0.15) is 13.2 Å². The smallest absolute Gasteiger partial charge is 0.422 e. The summed E-state index contributed by atoms with van der Waals surface area (Å²) in [6.45, 7) is -0.648. The summed E-state index contributed by atoms with van der Waals surface area (Å²) in [4.78, 5) is 13.7. The summed E-state index contributed by atoms with van der Waals surface area (Å²) in [6.07, 6.45) is -4.37. The molecule has 0 unspecified atom stereocenters. The number of methoxy groups -OCH3 is 1. The molecule has 5 nitrogen and oxygen atoms in total. The van der Waals surface area contributed by atoms with Crippen LogP contribution in [0.2, 0.25) is 0 Å². The van der Waals surface area contributed by atoms with E-state index in [2.05, 4.69) is 10.1 Å². The second-order valence-corrected chi connectivity index (χ2v) is 5.91. The Labute approximate surface area is 155 Å². The first kappa shape index (κ1) is 20.4. The zero-order valence-corrected chi connectivity index (χ0v) is 15.0. The quantitative estimate of drug-likeness (QED) is 0.788. The van der Waals surface area contributed by atoms with Gasteiger partial charge in [0.25, 0.3) is 0 Å². The van der Waals surface area contributed by atoms with E-state index in [9.17, 15) is 18.0 Å². The maximum Gasteiger partial charge on any atom is 0.422 e. The number of halogens is 3. The molecular weight excluding hydrogens is 361 g/mol. The SMILES string of the molecule is COc1ccc(CN(C)C(=O)NCc2ccc(OCC(F)(F)F)cc2)cc1. The van der Waals surface area contributed by atoms with Crippen molar-refractivity contribution in [2.75, 3.05) is 20.8 Å². The molecule has 27 heavy (non-hydrogen) atoms. The molecule has 0 spiro atoms. The molecule has 0 atom stereocenters. The molecule has 0 radical (unpaired) electrons. The molecule has 0 bridgehead atoms. The lowest BCUT2D eigenvalue weighted by molar-refractivity contribution is -0.153. The number of ether oxygens (including phenoxy) is 2. The standard InChI is InChI=1S/C19H21F3N2O3/c1-24(12-15-5-7-16(26-2)8-6-15)18(25)23-11-14-3-9-17(10-4-14)27-13-19(20,21)22/h3-10H,11-13H2,1-2H3,(H,23,25). The molecule has 2 amide bonds. The normalized spacial score (nSPS) is 11.0. The predicted octanol–water partition coefficient (Wildman–Crippen LogP) is 3.98. The van der Waals surface area contributed by atoms with Gasteiger partial charge in [0.15, 0.2) is 6.61 Å². The lowest BCUT2D eigenvalue weighted by Gasteiger charge is -2.18. The van der Waals surface area contributed by atoms with Crippen LogP contribution < -0.4 is 14.8 Å². The van der Waals surface area contributed by atoms with E-state index in [-0.39, 0.29) is 18.3 Å². The van der Waals surface area contributed by atoms with Crippen molar-refractivity contribution in [3.63, 3.8) is 0 Å². The zero-order valence-electron chi connectivity index (χ0n) is 15.0. The first-order chi connectivity index (χ1) is 12.8. The van der Waals surface area contributed by atoms with Gasteiger partial charge in [-0.25, -0.2) is 4.79 Å². The number of carbonyl (C=O) groups is 1. The van der Waals surface area contributed by atoms with Crippen LogP contribution in [0.5, 0.6) is 11.5 Å². The van der Waals surface area contributed by atoms with E-state index >= 15 is 0 Å². The molecule has 8 heteroatoms. The second-order valence-electron chi connectivity index (χ2n) is 5.91. The van der Waals surface area contributed by atoms with Crippen LogP contribution in [0.4, 0.5) is 18.0 Å². The Hall–Kier alpha value is -2.90. The van der Waals surface area contributed by atoms with Crippen molar-refractivity contribution in [1.82, 2.24) is 10.2 Å². The van der Waals surface area contributed by atoms with Gasteiger partial charge >= 0.3 is 12.2 Å². The Balaban J connectivity index is 1.79. The highest BCUT2D eigenvalue weighted by Crippen LogP contribution is 2.19. The molecular formula is C19H21F3N2O3. The molecule has 0 saturated carbocycles. The molecule has 0 aromatic heterocycles. The van der Waals surface area contributed by atoms with Crippen molar-refractivity contribution in [2.45, 2.75) is 19.3 Å². The van der Waals surface area contributed by atoms with Crippen molar-refractivity contribution in [3.05, 3.63) is 59.7 Å². The summed E-state index contributed by atoms with van der Waals surface area (Å²) in [5, 5.41) is 2.76. The molecule has 0 aliphatic carbocycles. The van der Waals surface area contributed by atoms with E-state index in [1.54, 1.807) is 26.3 Å². The first-order valence-electron chi connectivity index (χ1n) is 8.17. The Bertz CT molecular complexity index is 731. The third-order valence-electron chi connectivity index (χ3n) is 3.70. The molecule has 2 aromatic rings. The number of amides is 2. The van der Waals surface area contributed by atoms with E-state index in [0.29, 0.717) is 6.54 Å². The second kappa shape index (κ2) is 9.16. The summed E-state index contributed by atoms with van der Waals surface area (Å²) in [5.74, 6) is 0.868. The molecule has 0 heterocycles. The van der Waals surface area contributed by atoms with Crippen LogP contribution in [-0.2, 0) is 13.1 Å². The maximum absolute atomic E-state index is 12.2. The summed E-state index contributed by atoms with van der Waals surface area (Å²) in [7, 11) is 3.26. The summed E-state index contributed by atoms with van der Waals surface area (Å²) < 4.78 is 46.1. The van der Waals surface area contributed by atoms with Crippen LogP contribution in [0.1, 0.15) is 11.1 Å². The fourth-order valence-corrected chi connectivity index (χ4v) is 2.26. The zero-order chi connectivity index (χ0) is 19.9. The minimum atomic E-state index is -4.37. The average Bonchev–Trinajstić information content (AvgIpc) is 2.65. The molecule has 2 aromatic carbocycles. The predicted molar refractivity (Wildman–Crippen MR) is 94.7 cm³/mol. The van der Waals surface area contributed by atoms with Gasteiger partial charge in [0.05, 0.1) is 7.11 Å². The molecule has 0 fully saturated rings. The molecule has 0 aliphatic heterocycles. The van der Waals surface area contributed by atoms with Gasteiger partial charge in [0, 0.05) is 20.1 Å². The van der Waals surface area contributed by atoms with E-state index in [4.69, 9.17) is 4.74 Å². The molecule has 1 N–H and O–H groups in total. The third-order valence-corrected chi connectivity index (χ3v) is 3.70. The van der Waals surface area contributed by atoms with Crippen molar-refractivity contribution in [3.8, 4) is 11.5 Å². The van der Waals surface area contributed by atoms with Gasteiger partial charge in [-0.15, -0.1) is 0 Å². The number of benzene rings is 2. The van der Waals surface area contributed by atoms with Gasteiger partial charge in [0.2, 0.25) is 0 Å². The summed E-state index contributed by atoms with van der Waals surface area (Å²) in [6, 6.07) is 13.2. The number of hydrogen-bond acceptors (Lipinski definition) is 3. The van der Waals surface area contributed by atoms with Crippen LogP contribution in [0, 0.1) is 0 Å². The van der Waals surface area contributed by atoms with Crippen LogP contribution >= 0.6 is 0 Å². The topological polar surface area (TPSA) is 50.8 Å². The third kappa shape index (κ3) is 7.08. The number of alkyl halides is 3. The minimum absolute atomic E-state index is 0.124. The van der Waals surface area contributed by atoms with Crippen LogP contribution in [-0.4, -0.2) is 37.9 Å². The largest absolute Gasteiger partial charge is 0.497 e. The number of nitrogens with zero attached hydrogens (tertiary/aromatic N) is 1. The minimum Gasteiger partial charge on any atom is -0.497 e. The molecule has 146 valence electrons. The number of rotatable bonds is 7. The average molecular weight is 382 g/mol.